The highest BCUT2D eigenvalue weighted by Crippen LogP contribution is 2.21. The Morgan fingerprint density at radius 3 is 2.90 bits per heavy atom. The third kappa shape index (κ3) is 4.43. The van der Waals surface area contributed by atoms with E-state index in [1.54, 1.807) is 11.3 Å². The standard InChI is InChI=1S/C15H18N2O2S/c1-19-15(18)8-5-9-16-10-14-17-13(11-20-14)12-6-3-2-4-7-12/h2-4,6-7,11,16H,5,8-10H2,1H3. The Labute approximate surface area is 122 Å². The smallest absolute Gasteiger partial charge is 0.305 e. The van der Waals surface area contributed by atoms with Gasteiger partial charge in [0.2, 0.25) is 0 Å². The maximum Gasteiger partial charge on any atom is 0.305 e. The van der Waals surface area contributed by atoms with Crippen LogP contribution in [0.3, 0.4) is 0 Å². The first-order chi connectivity index (χ1) is 9.79. The lowest BCUT2D eigenvalue weighted by Gasteiger charge is -2.01. The Morgan fingerprint density at radius 1 is 1.35 bits per heavy atom. The van der Waals surface area contributed by atoms with Crippen LogP contribution in [0.5, 0.6) is 0 Å². The summed E-state index contributed by atoms with van der Waals surface area (Å²) < 4.78 is 4.59. The fraction of sp³-hybridized carbons (Fsp3) is 0.333. The monoisotopic (exact) mass is 290 g/mol. The van der Waals surface area contributed by atoms with Crippen molar-refractivity contribution in [1.29, 1.82) is 0 Å². The number of benzene rings is 1. The third-order valence-corrected chi connectivity index (χ3v) is 3.71. The molecule has 1 aromatic carbocycles. The molecule has 5 heteroatoms. The fourth-order valence-electron chi connectivity index (χ4n) is 1.79. The summed E-state index contributed by atoms with van der Waals surface area (Å²) in [6, 6.07) is 10.1. The highest BCUT2D eigenvalue weighted by molar-refractivity contribution is 7.09. The van der Waals surface area contributed by atoms with Gasteiger partial charge >= 0.3 is 5.97 Å². The first-order valence-corrected chi connectivity index (χ1v) is 7.45. The maximum absolute atomic E-state index is 10.9. The van der Waals surface area contributed by atoms with Crippen LogP contribution in [0.2, 0.25) is 0 Å². The molecule has 0 bridgehead atoms. The number of esters is 1. The third-order valence-electron chi connectivity index (χ3n) is 2.86. The van der Waals surface area contributed by atoms with Gasteiger partial charge in [0.15, 0.2) is 0 Å². The zero-order valence-corrected chi connectivity index (χ0v) is 12.3. The molecule has 0 fully saturated rings. The molecule has 0 atom stereocenters. The van der Waals surface area contributed by atoms with Gasteiger partial charge < -0.3 is 10.1 Å². The normalized spacial score (nSPS) is 10.4. The van der Waals surface area contributed by atoms with Crippen LogP contribution in [0.4, 0.5) is 0 Å². The summed E-state index contributed by atoms with van der Waals surface area (Å²) in [6.45, 7) is 1.52. The molecule has 0 aliphatic heterocycles. The van der Waals surface area contributed by atoms with Gasteiger partial charge in [0.25, 0.3) is 0 Å². The highest BCUT2D eigenvalue weighted by atomic mass is 32.1. The Kier molecular flexibility index (Phi) is 5.70. The van der Waals surface area contributed by atoms with Crippen LogP contribution in [-0.2, 0) is 16.1 Å². The van der Waals surface area contributed by atoms with Gasteiger partial charge in [0.05, 0.1) is 12.8 Å². The number of nitrogens with zero attached hydrogens (tertiary/aromatic N) is 1. The molecular formula is C15H18N2O2S. The van der Waals surface area contributed by atoms with Gasteiger partial charge in [-0.1, -0.05) is 30.3 Å². The first kappa shape index (κ1) is 14.7. The molecule has 0 radical (unpaired) electrons. The number of carbonyl (C=O) groups is 1. The van der Waals surface area contributed by atoms with Crippen LogP contribution in [0.15, 0.2) is 35.7 Å². The van der Waals surface area contributed by atoms with Crippen molar-refractivity contribution in [2.45, 2.75) is 19.4 Å². The second kappa shape index (κ2) is 7.77. The largest absolute Gasteiger partial charge is 0.469 e. The molecule has 0 unspecified atom stereocenters. The summed E-state index contributed by atoms with van der Waals surface area (Å²) in [6.07, 6.45) is 1.24. The Hall–Kier alpha value is -1.72. The molecule has 1 heterocycles. The van der Waals surface area contributed by atoms with Crippen molar-refractivity contribution in [3.8, 4) is 11.3 Å². The van der Waals surface area contributed by atoms with E-state index in [0.29, 0.717) is 6.42 Å². The number of ether oxygens (including phenoxy) is 1. The predicted molar refractivity (Wildman–Crippen MR) is 80.5 cm³/mol. The summed E-state index contributed by atoms with van der Waals surface area (Å²) in [5.74, 6) is -0.160. The van der Waals surface area contributed by atoms with Crippen molar-refractivity contribution < 1.29 is 9.53 Å². The lowest BCUT2D eigenvalue weighted by molar-refractivity contribution is -0.140. The molecule has 4 nitrogen and oxygen atoms in total. The van der Waals surface area contributed by atoms with Gasteiger partial charge in [-0.3, -0.25) is 4.79 Å². The molecule has 1 N–H and O–H groups in total. The number of hydrogen-bond acceptors (Lipinski definition) is 5. The fourth-order valence-corrected chi connectivity index (χ4v) is 2.56. The lowest BCUT2D eigenvalue weighted by atomic mass is 10.2. The van der Waals surface area contributed by atoms with E-state index < -0.39 is 0 Å². The summed E-state index contributed by atoms with van der Waals surface area (Å²) in [5, 5.41) is 6.41. The molecule has 0 saturated carbocycles. The molecule has 0 spiro atoms. The van der Waals surface area contributed by atoms with Gasteiger partial charge in [-0.25, -0.2) is 4.98 Å². The number of methoxy groups -OCH3 is 1. The van der Waals surface area contributed by atoms with Crippen LogP contribution in [0.25, 0.3) is 11.3 Å². The molecule has 2 rings (SSSR count). The number of nitrogens with one attached hydrogen (secondary N) is 1. The van der Waals surface area contributed by atoms with Gasteiger partial charge in [0, 0.05) is 23.9 Å². The zero-order valence-electron chi connectivity index (χ0n) is 11.5. The van der Waals surface area contributed by atoms with Crippen molar-refractivity contribution in [3.63, 3.8) is 0 Å². The van der Waals surface area contributed by atoms with E-state index in [1.165, 1.54) is 7.11 Å². The Balaban J connectivity index is 1.75. The van der Waals surface area contributed by atoms with E-state index in [4.69, 9.17) is 0 Å². The van der Waals surface area contributed by atoms with Crippen molar-refractivity contribution in [2.24, 2.45) is 0 Å². The minimum absolute atomic E-state index is 0.160. The number of thiazole rings is 1. The van der Waals surface area contributed by atoms with Crippen molar-refractivity contribution in [3.05, 3.63) is 40.7 Å². The molecule has 1 aromatic heterocycles. The highest BCUT2D eigenvalue weighted by Gasteiger charge is 2.04. The minimum atomic E-state index is -0.160. The van der Waals surface area contributed by atoms with E-state index >= 15 is 0 Å². The summed E-state index contributed by atoms with van der Waals surface area (Å²) in [4.78, 5) is 15.5. The SMILES string of the molecule is COC(=O)CCCNCc1nc(-c2ccccc2)cs1. The number of rotatable bonds is 7. The van der Waals surface area contributed by atoms with E-state index in [9.17, 15) is 4.79 Å². The van der Waals surface area contributed by atoms with Gasteiger partial charge in [-0.2, -0.15) is 0 Å². The van der Waals surface area contributed by atoms with Gasteiger partial charge in [0.1, 0.15) is 5.01 Å². The molecular weight excluding hydrogens is 272 g/mol. The van der Waals surface area contributed by atoms with Crippen LogP contribution in [0, 0.1) is 0 Å². The topological polar surface area (TPSA) is 51.2 Å². The number of carbonyl (C=O) groups excluding carboxylic acids is 1. The van der Waals surface area contributed by atoms with E-state index in [1.807, 2.05) is 18.2 Å². The van der Waals surface area contributed by atoms with Crippen LogP contribution >= 0.6 is 11.3 Å². The molecule has 106 valence electrons. The zero-order chi connectivity index (χ0) is 14.2. The molecule has 20 heavy (non-hydrogen) atoms. The molecule has 0 aliphatic rings. The number of hydrogen-bond donors (Lipinski definition) is 1. The summed E-state index contributed by atoms with van der Waals surface area (Å²) in [7, 11) is 1.41. The van der Waals surface area contributed by atoms with E-state index in [2.05, 4.69) is 32.6 Å². The van der Waals surface area contributed by atoms with Crippen molar-refractivity contribution in [1.82, 2.24) is 10.3 Å². The average Bonchev–Trinajstić information content (AvgIpc) is 2.96. The van der Waals surface area contributed by atoms with Crippen LogP contribution < -0.4 is 5.32 Å². The van der Waals surface area contributed by atoms with E-state index in [-0.39, 0.29) is 5.97 Å². The summed E-state index contributed by atoms with van der Waals surface area (Å²) >= 11 is 1.65. The Morgan fingerprint density at radius 2 is 2.15 bits per heavy atom. The van der Waals surface area contributed by atoms with Crippen molar-refractivity contribution in [2.75, 3.05) is 13.7 Å². The second-order valence-corrected chi connectivity index (χ2v) is 5.29. The van der Waals surface area contributed by atoms with Gasteiger partial charge in [-0.15, -0.1) is 11.3 Å². The van der Waals surface area contributed by atoms with Crippen LogP contribution in [0.1, 0.15) is 17.8 Å². The molecule has 0 saturated heterocycles. The lowest BCUT2D eigenvalue weighted by Crippen LogP contribution is -2.16. The summed E-state index contributed by atoms with van der Waals surface area (Å²) in [5.41, 5.74) is 2.16. The second-order valence-electron chi connectivity index (χ2n) is 4.35. The van der Waals surface area contributed by atoms with Gasteiger partial charge in [-0.05, 0) is 13.0 Å². The van der Waals surface area contributed by atoms with E-state index in [0.717, 1.165) is 35.8 Å². The molecule has 0 amide bonds. The average molecular weight is 290 g/mol. The minimum Gasteiger partial charge on any atom is -0.469 e. The predicted octanol–water partition coefficient (Wildman–Crippen LogP) is 2.85. The Bertz CT molecular complexity index is 540. The molecule has 0 aliphatic carbocycles. The maximum atomic E-state index is 10.9. The first-order valence-electron chi connectivity index (χ1n) is 6.57. The molecule has 2 aromatic rings. The quantitative estimate of drug-likeness (QED) is 0.629. The van der Waals surface area contributed by atoms with Crippen LogP contribution in [-0.4, -0.2) is 24.6 Å². The van der Waals surface area contributed by atoms with Crippen molar-refractivity contribution >= 4 is 17.3 Å². The number of aromatic nitrogens is 1.